The molecule has 1 aliphatic carbocycles. The number of alkyl carbamates (subject to hydrolysis) is 1. The quantitative estimate of drug-likeness (QED) is 0.862. The molecule has 0 radical (unpaired) electrons. The number of carbonyl (C=O) groups is 1. The van der Waals surface area contributed by atoms with E-state index in [4.69, 9.17) is 4.74 Å². The number of amides is 1. The Bertz CT molecular complexity index is 435. The van der Waals surface area contributed by atoms with Crippen LogP contribution in [-0.2, 0) is 11.3 Å². The van der Waals surface area contributed by atoms with Crippen LogP contribution in [0.15, 0.2) is 54.1 Å². The van der Waals surface area contributed by atoms with Crippen LogP contribution in [0, 0.1) is 0 Å². The van der Waals surface area contributed by atoms with Crippen molar-refractivity contribution in [3.8, 4) is 0 Å². The zero-order chi connectivity index (χ0) is 11.9. The molecule has 1 aromatic rings. The summed E-state index contributed by atoms with van der Waals surface area (Å²) in [7, 11) is 0. The lowest BCUT2D eigenvalue weighted by atomic mass is 10.2. The van der Waals surface area contributed by atoms with Crippen LogP contribution in [0.4, 0.5) is 4.79 Å². The molecule has 2 rings (SSSR count). The topological polar surface area (TPSA) is 38.3 Å². The van der Waals surface area contributed by atoms with Crippen molar-refractivity contribution in [2.24, 2.45) is 0 Å². The minimum Gasteiger partial charge on any atom is -0.445 e. The van der Waals surface area contributed by atoms with Gasteiger partial charge in [0, 0.05) is 6.54 Å². The first-order valence-corrected chi connectivity index (χ1v) is 5.65. The standard InChI is InChI=1S/C14H15NO2/c16-14(15-10-12-6-4-5-7-12)17-11-13-8-2-1-3-9-13/h1-4,6-9H,5,10-11H2,(H,15,16). The van der Waals surface area contributed by atoms with Crippen LogP contribution < -0.4 is 5.32 Å². The Labute approximate surface area is 101 Å². The van der Waals surface area contributed by atoms with Crippen molar-refractivity contribution < 1.29 is 9.53 Å². The second-order valence-electron chi connectivity index (χ2n) is 3.83. The van der Waals surface area contributed by atoms with Gasteiger partial charge in [-0.25, -0.2) is 4.79 Å². The number of hydrogen-bond acceptors (Lipinski definition) is 2. The van der Waals surface area contributed by atoms with Crippen molar-refractivity contribution in [1.29, 1.82) is 0 Å². The van der Waals surface area contributed by atoms with E-state index in [1.165, 1.54) is 0 Å². The SMILES string of the molecule is O=C(NCC1=CCC=C1)OCc1ccccc1. The van der Waals surface area contributed by atoms with Gasteiger partial charge >= 0.3 is 6.09 Å². The summed E-state index contributed by atoms with van der Waals surface area (Å²) in [6.07, 6.45) is 6.73. The lowest BCUT2D eigenvalue weighted by molar-refractivity contribution is 0.140. The molecule has 0 atom stereocenters. The molecule has 0 saturated heterocycles. The van der Waals surface area contributed by atoms with Gasteiger partial charge < -0.3 is 10.1 Å². The zero-order valence-corrected chi connectivity index (χ0v) is 9.56. The first-order valence-electron chi connectivity index (χ1n) is 5.65. The van der Waals surface area contributed by atoms with E-state index < -0.39 is 0 Å². The monoisotopic (exact) mass is 229 g/mol. The first kappa shape index (κ1) is 11.5. The highest BCUT2D eigenvalue weighted by Gasteiger charge is 2.03. The molecule has 0 fully saturated rings. The summed E-state index contributed by atoms with van der Waals surface area (Å²) in [5.74, 6) is 0. The van der Waals surface area contributed by atoms with Gasteiger partial charge in [-0.2, -0.15) is 0 Å². The summed E-state index contributed by atoms with van der Waals surface area (Å²) < 4.78 is 5.09. The molecule has 3 heteroatoms. The molecular formula is C14H15NO2. The summed E-state index contributed by atoms with van der Waals surface area (Å²) >= 11 is 0. The van der Waals surface area contributed by atoms with Crippen LogP contribution in [0.1, 0.15) is 12.0 Å². The average molecular weight is 229 g/mol. The molecule has 0 spiro atoms. The molecule has 1 N–H and O–H groups in total. The third-order valence-electron chi connectivity index (χ3n) is 2.50. The van der Waals surface area contributed by atoms with Gasteiger partial charge in [-0.15, -0.1) is 0 Å². The summed E-state index contributed by atoms with van der Waals surface area (Å²) in [5.41, 5.74) is 2.12. The molecule has 0 aromatic heterocycles. The second kappa shape index (κ2) is 5.89. The number of carbonyl (C=O) groups excluding carboxylic acids is 1. The summed E-state index contributed by atoms with van der Waals surface area (Å²) in [6, 6.07) is 9.63. The van der Waals surface area contributed by atoms with Gasteiger partial charge in [0.25, 0.3) is 0 Å². The highest BCUT2D eigenvalue weighted by atomic mass is 16.5. The Hall–Kier alpha value is -2.03. The van der Waals surface area contributed by atoms with Gasteiger partial charge in [0.1, 0.15) is 6.61 Å². The maximum absolute atomic E-state index is 11.4. The van der Waals surface area contributed by atoms with Crippen molar-refractivity contribution in [1.82, 2.24) is 5.32 Å². The van der Waals surface area contributed by atoms with E-state index >= 15 is 0 Å². The van der Waals surface area contributed by atoms with Crippen LogP contribution in [0.3, 0.4) is 0 Å². The van der Waals surface area contributed by atoms with Gasteiger partial charge in [-0.05, 0) is 17.6 Å². The average Bonchev–Trinajstić information content (AvgIpc) is 2.88. The number of benzene rings is 1. The van der Waals surface area contributed by atoms with E-state index in [-0.39, 0.29) is 6.09 Å². The third-order valence-corrected chi connectivity index (χ3v) is 2.50. The van der Waals surface area contributed by atoms with Gasteiger partial charge in [0.15, 0.2) is 0 Å². The van der Waals surface area contributed by atoms with Crippen LogP contribution in [0.2, 0.25) is 0 Å². The molecule has 1 aliphatic rings. The molecule has 1 aromatic carbocycles. The lowest BCUT2D eigenvalue weighted by Crippen LogP contribution is -2.25. The van der Waals surface area contributed by atoms with Crippen molar-refractivity contribution in [2.75, 3.05) is 6.54 Å². The minimum absolute atomic E-state index is 0.307. The van der Waals surface area contributed by atoms with Gasteiger partial charge in [-0.1, -0.05) is 48.6 Å². The van der Waals surface area contributed by atoms with Crippen molar-refractivity contribution in [3.63, 3.8) is 0 Å². The molecule has 0 unspecified atom stereocenters. The second-order valence-corrected chi connectivity index (χ2v) is 3.83. The van der Waals surface area contributed by atoms with E-state index in [1.807, 2.05) is 36.4 Å². The molecule has 0 saturated carbocycles. The molecule has 1 amide bonds. The Kier molecular flexibility index (Phi) is 3.97. The fourth-order valence-electron chi connectivity index (χ4n) is 1.59. The van der Waals surface area contributed by atoms with Crippen molar-refractivity contribution in [2.45, 2.75) is 13.0 Å². The van der Waals surface area contributed by atoms with Gasteiger partial charge in [0.2, 0.25) is 0 Å². The molecule has 88 valence electrons. The molecule has 0 heterocycles. The number of hydrogen-bond donors (Lipinski definition) is 1. The number of ether oxygens (including phenoxy) is 1. The summed E-state index contributed by atoms with van der Waals surface area (Å²) in [4.78, 5) is 11.4. The van der Waals surface area contributed by atoms with Gasteiger partial charge in [0.05, 0.1) is 0 Å². The normalized spacial score (nSPS) is 13.3. The Morgan fingerprint density at radius 2 is 2.12 bits per heavy atom. The predicted molar refractivity (Wildman–Crippen MR) is 66.5 cm³/mol. The number of allylic oxidation sites excluding steroid dienone is 2. The summed E-state index contributed by atoms with van der Waals surface area (Å²) in [6.45, 7) is 0.839. The zero-order valence-electron chi connectivity index (χ0n) is 9.56. The predicted octanol–water partition coefficient (Wildman–Crippen LogP) is 2.80. The molecule has 0 aliphatic heterocycles. The number of nitrogens with one attached hydrogen (secondary N) is 1. The van der Waals surface area contributed by atoms with Crippen molar-refractivity contribution >= 4 is 6.09 Å². The smallest absolute Gasteiger partial charge is 0.407 e. The van der Waals surface area contributed by atoms with E-state index in [0.717, 1.165) is 17.6 Å². The van der Waals surface area contributed by atoms with Crippen molar-refractivity contribution in [3.05, 3.63) is 59.7 Å². The molecule has 0 bridgehead atoms. The largest absolute Gasteiger partial charge is 0.445 e. The first-order chi connectivity index (χ1) is 8.34. The van der Waals surface area contributed by atoms with E-state index in [1.54, 1.807) is 0 Å². The van der Waals surface area contributed by atoms with E-state index in [2.05, 4.69) is 17.5 Å². The summed E-state index contributed by atoms with van der Waals surface area (Å²) in [5, 5.41) is 2.71. The Balaban J connectivity index is 1.69. The fraction of sp³-hybridized carbons (Fsp3) is 0.214. The lowest BCUT2D eigenvalue weighted by Gasteiger charge is -2.06. The van der Waals surface area contributed by atoms with Gasteiger partial charge in [-0.3, -0.25) is 0 Å². The Morgan fingerprint density at radius 1 is 1.29 bits per heavy atom. The molecule has 3 nitrogen and oxygen atoms in total. The van der Waals surface area contributed by atoms with E-state index in [0.29, 0.717) is 13.2 Å². The minimum atomic E-state index is -0.380. The Morgan fingerprint density at radius 3 is 2.82 bits per heavy atom. The van der Waals surface area contributed by atoms with Crippen LogP contribution in [0.5, 0.6) is 0 Å². The fourth-order valence-corrected chi connectivity index (χ4v) is 1.59. The number of rotatable bonds is 4. The maximum atomic E-state index is 11.4. The third kappa shape index (κ3) is 3.79. The van der Waals surface area contributed by atoms with Crippen LogP contribution >= 0.6 is 0 Å². The molecular weight excluding hydrogens is 214 g/mol. The van der Waals surface area contributed by atoms with E-state index in [9.17, 15) is 4.79 Å². The van der Waals surface area contributed by atoms with Crippen LogP contribution in [0.25, 0.3) is 0 Å². The highest BCUT2D eigenvalue weighted by molar-refractivity contribution is 5.67. The maximum Gasteiger partial charge on any atom is 0.407 e. The van der Waals surface area contributed by atoms with Crippen LogP contribution in [-0.4, -0.2) is 12.6 Å². The molecule has 17 heavy (non-hydrogen) atoms. The highest BCUT2D eigenvalue weighted by Crippen LogP contribution is 2.07.